The molecule has 1 saturated carbocycles. The molecule has 1 nitrogen and oxygen atoms in total. The van der Waals surface area contributed by atoms with Crippen molar-refractivity contribution in [1.82, 2.24) is 0 Å². The second-order valence-electron chi connectivity index (χ2n) is 5.82. The molecule has 3 atom stereocenters. The third-order valence-corrected chi connectivity index (χ3v) is 4.52. The summed E-state index contributed by atoms with van der Waals surface area (Å²) in [5.41, 5.74) is 0.496. The summed E-state index contributed by atoms with van der Waals surface area (Å²) in [6.45, 7) is 12.5. The Labute approximate surface area is 95.6 Å². The lowest BCUT2D eigenvalue weighted by atomic mass is 9.67. The average molecular weight is 212 g/mol. The minimum Gasteiger partial charge on any atom is -0.378 e. The zero-order chi connectivity index (χ0) is 11.5. The highest BCUT2D eigenvalue weighted by molar-refractivity contribution is 4.86. The lowest BCUT2D eigenvalue weighted by Gasteiger charge is -2.42. The molecule has 0 bridgehead atoms. The minimum absolute atomic E-state index is 0.496. The van der Waals surface area contributed by atoms with Gasteiger partial charge in [0, 0.05) is 6.61 Å². The summed E-state index contributed by atoms with van der Waals surface area (Å²) in [5, 5.41) is 0. The highest BCUT2D eigenvalue weighted by atomic mass is 16.5. The fourth-order valence-corrected chi connectivity index (χ4v) is 2.73. The van der Waals surface area contributed by atoms with Crippen molar-refractivity contribution in [3.63, 3.8) is 0 Å². The summed E-state index contributed by atoms with van der Waals surface area (Å²) in [6.07, 6.45) is 5.81. The van der Waals surface area contributed by atoms with Crippen LogP contribution in [0.1, 0.15) is 60.3 Å². The SMILES string of the molecule is CCOC1CC(C(C)(C)CC)CCC1C. The first-order valence-corrected chi connectivity index (χ1v) is 6.62. The predicted octanol–water partition coefficient (Wildman–Crippen LogP) is 4.26. The van der Waals surface area contributed by atoms with Crippen LogP contribution in [0.25, 0.3) is 0 Å². The highest BCUT2D eigenvalue weighted by Crippen LogP contribution is 2.42. The van der Waals surface area contributed by atoms with Crippen molar-refractivity contribution < 1.29 is 4.74 Å². The van der Waals surface area contributed by atoms with Crippen LogP contribution in [-0.2, 0) is 4.74 Å². The van der Waals surface area contributed by atoms with E-state index in [1.807, 2.05) is 0 Å². The van der Waals surface area contributed by atoms with Gasteiger partial charge in [-0.1, -0.05) is 34.1 Å². The first-order valence-electron chi connectivity index (χ1n) is 6.62. The van der Waals surface area contributed by atoms with Gasteiger partial charge in [0.1, 0.15) is 0 Å². The molecule has 1 rings (SSSR count). The van der Waals surface area contributed by atoms with Crippen molar-refractivity contribution in [2.75, 3.05) is 6.61 Å². The molecule has 0 amide bonds. The third-order valence-electron chi connectivity index (χ3n) is 4.52. The molecule has 3 unspecified atom stereocenters. The number of ether oxygens (including phenoxy) is 1. The van der Waals surface area contributed by atoms with Crippen LogP contribution in [0.3, 0.4) is 0 Å². The standard InChI is InChI=1S/C14H28O/c1-6-14(4,5)12-9-8-11(3)13(10-12)15-7-2/h11-13H,6-10H2,1-5H3. The quantitative estimate of drug-likeness (QED) is 0.676. The largest absolute Gasteiger partial charge is 0.378 e. The van der Waals surface area contributed by atoms with Crippen LogP contribution >= 0.6 is 0 Å². The van der Waals surface area contributed by atoms with Gasteiger partial charge in [-0.25, -0.2) is 0 Å². The van der Waals surface area contributed by atoms with Gasteiger partial charge in [-0.2, -0.15) is 0 Å². The van der Waals surface area contributed by atoms with Gasteiger partial charge in [-0.15, -0.1) is 0 Å². The highest BCUT2D eigenvalue weighted by Gasteiger charge is 2.35. The Bertz CT molecular complexity index is 186. The van der Waals surface area contributed by atoms with Gasteiger partial charge in [0.05, 0.1) is 6.10 Å². The van der Waals surface area contributed by atoms with Crippen LogP contribution in [0.15, 0.2) is 0 Å². The molecule has 0 heterocycles. The molecule has 0 saturated heterocycles. The van der Waals surface area contributed by atoms with E-state index in [4.69, 9.17) is 4.74 Å². The summed E-state index contributed by atoms with van der Waals surface area (Å²) in [7, 11) is 0. The molecule has 1 heteroatoms. The summed E-state index contributed by atoms with van der Waals surface area (Å²) in [4.78, 5) is 0. The minimum atomic E-state index is 0.496. The molecule has 90 valence electrons. The van der Waals surface area contributed by atoms with Gasteiger partial charge in [-0.05, 0) is 43.4 Å². The molecule has 0 spiro atoms. The van der Waals surface area contributed by atoms with Crippen LogP contribution in [-0.4, -0.2) is 12.7 Å². The summed E-state index contributed by atoms with van der Waals surface area (Å²) in [5.74, 6) is 1.61. The summed E-state index contributed by atoms with van der Waals surface area (Å²) < 4.78 is 5.86. The Morgan fingerprint density at radius 3 is 2.40 bits per heavy atom. The predicted molar refractivity (Wildman–Crippen MR) is 66.0 cm³/mol. The zero-order valence-electron chi connectivity index (χ0n) is 11.2. The molecule has 0 aromatic heterocycles. The Morgan fingerprint density at radius 1 is 1.20 bits per heavy atom. The van der Waals surface area contributed by atoms with E-state index >= 15 is 0 Å². The Balaban J connectivity index is 2.57. The zero-order valence-corrected chi connectivity index (χ0v) is 11.2. The maximum Gasteiger partial charge on any atom is 0.0603 e. The lowest BCUT2D eigenvalue weighted by molar-refractivity contribution is -0.0361. The molecule has 1 aliphatic rings. The van der Waals surface area contributed by atoms with Crippen molar-refractivity contribution in [1.29, 1.82) is 0 Å². The van der Waals surface area contributed by atoms with E-state index in [1.54, 1.807) is 0 Å². The first-order chi connectivity index (χ1) is 7.01. The molecule has 0 radical (unpaired) electrons. The van der Waals surface area contributed by atoms with E-state index in [-0.39, 0.29) is 0 Å². The van der Waals surface area contributed by atoms with E-state index in [9.17, 15) is 0 Å². The second-order valence-corrected chi connectivity index (χ2v) is 5.82. The maximum atomic E-state index is 5.86. The number of hydrogen-bond acceptors (Lipinski definition) is 1. The van der Waals surface area contributed by atoms with Crippen molar-refractivity contribution in [3.8, 4) is 0 Å². The van der Waals surface area contributed by atoms with Gasteiger partial charge >= 0.3 is 0 Å². The summed E-state index contributed by atoms with van der Waals surface area (Å²) >= 11 is 0. The molecule has 1 aliphatic carbocycles. The molecular weight excluding hydrogens is 184 g/mol. The topological polar surface area (TPSA) is 9.23 Å². The number of rotatable bonds is 4. The molecule has 1 fully saturated rings. The Hall–Kier alpha value is -0.0400. The molecular formula is C14H28O. The molecule has 15 heavy (non-hydrogen) atoms. The van der Waals surface area contributed by atoms with Crippen molar-refractivity contribution in [2.24, 2.45) is 17.3 Å². The van der Waals surface area contributed by atoms with Crippen molar-refractivity contribution in [3.05, 3.63) is 0 Å². The van der Waals surface area contributed by atoms with Gasteiger partial charge in [0.2, 0.25) is 0 Å². The molecule has 0 aliphatic heterocycles. The van der Waals surface area contributed by atoms with Crippen LogP contribution in [0.5, 0.6) is 0 Å². The number of hydrogen-bond donors (Lipinski definition) is 0. The van der Waals surface area contributed by atoms with E-state index in [2.05, 4.69) is 34.6 Å². The van der Waals surface area contributed by atoms with Crippen molar-refractivity contribution in [2.45, 2.75) is 66.4 Å². The van der Waals surface area contributed by atoms with E-state index in [0.717, 1.165) is 18.4 Å². The molecule has 0 N–H and O–H groups in total. The van der Waals surface area contributed by atoms with Crippen LogP contribution in [0.2, 0.25) is 0 Å². The maximum absolute atomic E-state index is 5.86. The van der Waals surface area contributed by atoms with E-state index in [0.29, 0.717) is 11.5 Å². The monoisotopic (exact) mass is 212 g/mol. The van der Waals surface area contributed by atoms with Gasteiger partial charge < -0.3 is 4.74 Å². The van der Waals surface area contributed by atoms with Gasteiger partial charge in [0.15, 0.2) is 0 Å². The third kappa shape index (κ3) is 3.21. The van der Waals surface area contributed by atoms with Gasteiger partial charge in [0.25, 0.3) is 0 Å². The Morgan fingerprint density at radius 2 is 1.87 bits per heavy atom. The van der Waals surface area contributed by atoms with Crippen molar-refractivity contribution >= 4 is 0 Å². The Kier molecular flexibility index (Phi) is 4.64. The van der Waals surface area contributed by atoms with Crippen LogP contribution in [0.4, 0.5) is 0 Å². The van der Waals surface area contributed by atoms with Crippen LogP contribution < -0.4 is 0 Å². The molecule has 0 aromatic rings. The van der Waals surface area contributed by atoms with E-state index in [1.165, 1.54) is 25.7 Å². The summed E-state index contributed by atoms with van der Waals surface area (Å²) in [6, 6.07) is 0. The van der Waals surface area contributed by atoms with Crippen LogP contribution in [0, 0.1) is 17.3 Å². The fourth-order valence-electron chi connectivity index (χ4n) is 2.73. The smallest absolute Gasteiger partial charge is 0.0603 e. The van der Waals surface area contributed by atoms with Gasteiger partial charge in [-0.3, -0.25) is 0 Å². The fraction of sp³-hybridized carbons (Fsp3) is 1.00. The average Bonchev–Trinajstić information content (AvgIpc) is 2.21. The first kappa shape index (κ1) is 13.0. The normalized spacial score (nSPS) is 33.0. The lowest BCUT2D eigenvalue weighted by Crippen LogP contribution is -2.36. The van der Waals surface area contributed by atoms with E-state index < -0.39 is 0 Å². The second kappa shape index (κ2) is 5.34. The molecule has 0 aromatic carbocycles.